The number of esters is 3. The molecule has 0 aromatic rings. The van der Waals surface area contributed by atoms with Crippen molar-refractivity contribution in [1.29, 1.82) is 0 Å². The van der Waals surface area contributed by atoms with Gasteiger partial charge in [-0.2, -0.15) is 0 Å². The molecule has 0 fully saturated rings. The highest BCUT2D eigenvalue weighted by atomic mass is 16.6. The molecule has 0 saturated heterocycles. The average molecular weight is 1070 g/mol. The highest BCUT2D eigenvalue weighted by molar-refractivity contribution is 5.71. The number of ether oxygens (including phenoxy) is 3. The summed E-state index contributed by atoms with van der Waals surface area (Å²) >= 11 is 0. The van der Waals surface area contributed by atoms with Crippen LogP contribution in [0.15, 0.2) is 109 Å². The van der Waals surface area contributed by atoms with E-state index in [1.54, 1.807) is 0 Å². The highest BCUT2D eigenvalue weighted by Crippen LogP contribution is 2.16. The molecule has 0 heterocycles. The van der Waals surface area contributed by atoms with Crippen molar-refractivity contribution >= 4 is 17.9 Å². The van der Waals surface area contributed by atoms with Gasteiger partial charge in [-0.25, -0.2) is 0 Å². The van der Waals surface area contributed by atoms with E-state index < -0.39 is 6.10 Å². The predicted molar refractivity (Wildman–Crippen MR) is 334 cm³/mol. The SMILES string of the molecule is CC/C=C\C/C=C\C/C=C\C/C=C\C/C=C\C/C=C\C/C=C\C/C=C\CCCCCCCCCCC(=O)OCC(COC(=O)CCCCCCCCCCC)OC(=O)CCCCCCCCC/C=C\CCCCCCCC. The maximum absolute atomic E-state index is 12.9. The normalized spacial score (nSPS) is 12.8. The molecule has 0 aliphatic carbocycles. The fourth-order valence-corrected chi connectivity index (χ4v) is 8.92. The van der Waals surface area contributed by atoms with Crippen LogP contribution in [-0.4, -0.2) is 37.2 Å². The van der Waals surface area contributed by atoms with Gasteiger partial charge in [0.2, 0.25) is 0 Å². The monoisotopic (exact) mass is 1070 g/mol. The van der Waals surface area contributed by atoms with E-state index in [2.05, 4.69) is 130 Å². The van der Waals surface area contributed by atoms with Gasteiger partial charge < -0.3 is 14.2 Å². The minimum atomic E-state index is -0.782. The second-order valence-electron chi connectivity index (χ2n) is 21.3. The molecule has 6 nitrogen and oxygen atoms in total. The molecule has 0 amide bonds. The van der Waals surface area contributed by atoms with Crippen LogP contribution in [-0.2, 0) is 28.6 Å². The fraction of sp³-hybridized carbons (Fsp3) is 0.704. The molecule has 77 heavy (non-hydrogen) atoms. The van der Waals surface area contributed by atoms with Crippen molar-refractivity contribution in [2.24, 2.45) is 0 Å². The molecule has 0 bridgehead atoms. The summed E-state index contributed by atoms with van der Waals surface area (Å²) in [6, 6.07) is 0. The molecule has 440 valence electrons. The molecule has 0 radical (unpaired) electrons. The Bertz CT molecular complexity index is 1560. The number of hydrogen-bond donors (Lipinski definition) is 0. The fourth-order valence-electron chi connectivity index (χ4n) is 8.92. The summed E-state index contributed by atoms with van der Waals surface area (Å²) in [7, 11) is 0. The van der Waals surface area contributed by atoms with Crippen molar-refractivity contribution in [3.63, 3.8) is 0 Å². The molecule has 0 aliphatic heterocycles. The van der Waals surface area contributed by atoms with E-state index in [9.17, 15) is 14.4 Å². The molecular formula is C71H120O6. The van der Waals surface area contributed by atoms with E-state index in [-0.39, 0.29) is 31.1 Å². The Morgan fingerprint density at radius 1 is 0.273 bits per heavy atom. The van der Waals surface area contributed by atoms with Crippen LogP contribution >= 0.6 is 0 Å². The Morgan fingerprint density at radius 2 is 0.506 bits per heavy atom. The second kappa shape index (κ2) is 64.6. The van der Waals surface area contributed by atoms with Gasteiger partial charge in [-0.1, -0.05) is 284 Å². The van der Waals surface area contributed by atoms with Crippen molar-refractivity contribution in [3.8, 4) is 0 Å². The first-order valence-electron chi connectivity index (χ1n) is 32.4. The Kier molecular flexibility index (Phi) is 61.3. The van der Waals surface area contributed by atoms with Gasteiger partial charge in [0, 0.05) is 19.3 Å². The van der Waals surface area contributed by atoms with Crippen molar-refractivity contribution in [2.45, 2.75) is 309 Å². The van der Waals surface area contributed by atoms with Gasteiger partial charge in [0.05, 0.1) is 0 Å². The van der Waals surface area contributed by atoms with Crippen LogP contribution in [0.2, 0.25) is 0 Å². The number of rotatable bonds is 58. The summed E-state index contributed by atoms with van der Waals surface area (Å²) in [6.07, 6.45) is 88.2. The minimum Gasteiger partial charge on any atom is -0.462 e. The van der Waals surface area contributed by atoms with Gasteiger partial charge >= 0.3 is 17.9 Å². The number of hydrogen-bond acceptors (Lipinski definition) is 6. The van der Waals surface area contributed by atoms with Gasteiger partial charge in [0.25, 0.3) is 0 Å². The predicted octanol–water partition coefficient (Wildman–Crippen LogP) is 22.2. The first-order valence-corrected chi connectivity index (χ1v) is 32.4. The second-order valence-corrected chi connectivity index (χ2v) is 21.3. The van der Waals surface area contributed by atoms with Crippen molar-refractivity contribution in [3.05, 3.63) is 109 Å². The van der Waals surface area contributed by atoms with Crippen LogP contribution in [0.5, 0.6) is 0 Å². The lowest BCUT2D eigenvalue weighted by Gasteiger charge is -2.18. The van der Waals surface area contributed by atoms with Crippen LogP contribution in [0, 0.1) is 0 Å². The molecule has 0 aliphatic rings. The van der Waals surface area contributed by atoms with Crippen LogP contribution in [0.1, 0.15) is 303 Å². The lowest BCUT2D eigenvalue weighted by Crippen LogP contribution is -2.30. The van der Waals surface area contributed by atoms with Crippen molar-refractivity contribution < 1.29 is 28.6 Å². The molecule has 1 unspecified atom stereocenters. The van der Waals surface area contributed by atoms with E-state index in [0.717, 1.165) is 116 Å². The quantitative estimate of drug-likeness (QED) is 0.0261. The molecule has 0 rings (SSSR count). The molecular weight excluding hydrogens is 949 g/mol. The standard InChI is InChI=1S/C71H120O6/c1-4-7-10-13-16-19-21-23-25-27-28-29-30-31-32-33-34-35-36-37-38-39-40-41-42-44-45-47-49-52-55-58-61-64-70(73)76-67-68(66-75-69(72)63-60-57-54-51-18-15-12-9-6-3)77-71(74)65-62-59-56-53-50-48-46-43-26-24-22-20-17-14-11-8-5-2/h7,10,16,19,23-26,28-29,31-32,34-35,37-38,40-41,68H,4-6,8-9,11-15,17-18,20-22,27,30,33,36,39,42-67H2,1-3H3/b10-7-,19-16-,25-23-,26-24-,29-28-,32-31-,35-34-,38-37-,41-40-. The molecule has 6 heteroatoms. The Balaban J connectivity index is 4.20. The number of allylic oxidation sites excluding steroid dienone is 18. The summed E-state index contributed by atoms with van der Waals surface area (Å²) in [5.41, 5.74) is 0. The van der Waals surface area contributed by atoms with Crippen molar-refractivity contribution in [1.82, 2.24) is 0 Å². The van der Waals surface area contributed by atoms with E-state index in [1.165, 1.54) is 148 Å². The third-order valence-electron chi connectivity index (χ3n) is 13.8. The third kappa shape index (κ3) is 62.8. The molecule has 0 spiro atoms. The van der Waals surface area contributed by atoms with E-state index in [4.69, 9.17) is 14.2 Å². The molecule has 0 aromatic carbocycles. The molecule has 0 aromatic heterocycles. The molecule has 1 atom stereocenters. The van der Waals surface area contributed by atoms with Crippen LogP contribution in [0.25, 0.3) is 0 Å². The first kappa shape index (κ1) is 73.1. The lowest BCUT2D eigenvalue weighted by atomic mass is 10.1. The van der Waals surface area contributed by atoms with Crippen LogP contribution in [0.4, 0.5) is 0 Å². The van der Waals surface area contributed by atoms with E-state index >= 15 is 0 Å². The maximum Gasteiger partial charge on any atom is 0.306 e. The average Bonchev–Trinajstić information content (AvgIpc) is 3.43. The van der Waals surface area contributed by atoms with Gasteiger partial charge in [0.15, 0.2) is 6.10 Å². The Morgan fingerprint density at radius 3 is 0.805 bits per heavy atom. The maximum atomic E-state index is 12.9. The van der Waals surface area contributed by atoms with Gasteiger partial charge in [-0.3, -0.25) is 14.4 Å². The summed E-state index contributed by atoms with van der Waals surface area (Å²) in [5.74, 6) is -0.889. The van der Waals surface area contributed by atoms with E-state index in [1.807, 2.05) is 0 Å². The highest BCUT2D eigenvalue weighted by Gasteiger charge is 2.19. The Hall–Kier alpha value is -3.93. The smallest absolute Gasteiger partial charge is 0.306 e. The number of unbranched alkanes of at least 4 members (excludes halogenated alkanes) is 29. The summed E-state index contributed by atoms with van der Waals surface area (Å²) in [6.45, 7) is 6.51. The van der Waals surface area contributed by atoms with E-state index in [0.29, 0.717) is 19.3 Å². The zero-order valence-corrected chi connectivity index (χ0v) is 50.4. The summed E-state index contributed by atoms with van der Waals surface area (Å²) < 4.78 is 16.9. The summed E-state index contributed by atoms with van der Waals surface area (Å²) in [4.78, 5) is 38.2. The lowest BCUT2D eigenvalue weighted by molar-refractivity contribution is -0.167. The van der Waals surface area contributed by atoms with Gasteiger partial charge in [-0.05, 0) is 109 Å². The van der Waals surface area contributed by atoms with Gasteiger partial charge in [-0.15, -0.1) is 0 Å². The van der Waals surface area contributed by atoms with Crippen LogP contribution in [0.3, 0.4) is 0 Å². The Labute approximate surface area is 476 Å². The summed E-state index contributed by atoms with van der Waals surface area (Å²) in [5, 5.41) is 0. The zero-order chi connectivity index (χ0) is 55.7. The molecule has 0 N–H and O–H groups in total. The first-order chi connectivity index (χ1) is 38.0. The van der Waals surface area contributed by atoms with Crippen LogP contribution < -0.4 is 0 Å². The third-order valence-corrected chi connectivity index (χ3v) is 13.8. The van der Waals surface area contributed by atoms with Crippen molar-refractivity contribution in [2.75, 3.05) is 13.2 Å². The minimum absolute atomic E-state index is 0.0799. The number of carbonyl (C=O) groups is 3. The van der Waals surface area contributed by atoms with Gasteiger partial charge in [0.1, 0.15) is 13.2 Å². The number of carbonyl (C=O) groups excluding carboxylic acids is 3. The molecule has 0 saturated carbocycles. The topological polar surface area (TPSA) is 78.9 Å². The largest absolute Gasteiger partial charge is 0.462 e. The zero-order valence-electron chi connectivity index (χ0n) is 50.4.